The Bertz CT molecular complexity index is 996. The second-order valence-electron chi connectivity index (χ2n) is 7.28. The van der Waals surface area contributed by atoms with Crippen LogP contribution in [0.1, 0.15) is 11.1 Å². The number of ether oxygens (including phenoxy) is 2. The minimum Gasteiger partial charge on any atom is -0.493 e. The monoisotopic (exact) mass is 458 g/mol. The molecule has 0 radical (unpaired) electrons. The van der Waals surface area contributed by atoms with E-state index < -0.39 is 0 Å². The number of hydrogen-bond acceptors (Lipinski definition) is 4. The largest absolute Gasteiger partial charge is 0.493 e. The molecule has 4 aromatic rings. The summed E-state index contributed by atoms with van der Waals surface area (Å²) in [5.74, 6) is 1.81. The molecule has 0 atom stereocenters. The van der Waals surface area contributed by atoms with E-state index in [1.165, 1.54) is 20.9 Å². The van der Waals surface area contributed by atoms with Crippen LogP contribution in [0.4, 0.5) is 0 Å². The maximum Gasteiger partial charge on any atom is 0.120 e. The molecule has 0 aliphatic heterocycles. The van der Waals surface area contributed by atoms with Crippen molar-refractivity contribution in [2.75, 3.05) is 13.2 Å². The second-order valence-corrected chi connectivity index (χ2v) is 9.56. The zero-order valence-corrected chi connectivity index (χ0v) is 19.5. The van der Waals surface area contributed by atoms with Gasteiger partial charge in [0.1, 0.15) is 11.5 Å². The van der Waals surface area contributed by atoms with Crippen LogP contribution in [0.5, 0.6) is 11.5 Å². The highest BCUT2D eigenvalue weighted by atomic mass is 33.1. The molecular weight excluding hydrogens is 432 g/mol. The average Bonchev–Trinajstić information content (AvgIpc) is 2.85. The first-order valence-electron chi connectivity index (χ1n) is 10.7. The Hall–Kier alpha value is -2.82. The molecule has 32 heavy (non-hydrogen) atoms. The molecule has 0 heterocycles. The number of benzene rings is 4. The first-order valence-corrected chi connectivity index (χ1v) is 12.9. The third-order valence-electron chi connectivity index (χ3n) is 4.85. The number of hydrogen-bond donors (Lipinski definition) is 0. The van der Waals surface area contributed by atoms with Gasteiger partial charge in [0.15, 0.2) is 0 Å². The molecule has 0 unspecified atom stereocenters. The highest BCUT2D eigenvalue weighted by molar-refractivity contribution is 8.76. The van der Waals surface area contributed by atoms with Crippen molar-refractivity contribution in [2.45, 2.75) is 22.6 Å². The summed E-state index contributed by atoms with van der Waals surface area (Å²) in [6.45, 7) is 1.35. The van der Waals surface area contributed by atoms with E-state index in [2.05, 4.69) is 72.8 Å². The molecule has 0 amide bonds. The molecule has 4 aromatic carbocycles. The molecule has 2 nitrogen and oxygen atoms in total. The molecule has 0 N–H and O–H groups in total. The third-order valence-corrected chi connectivity index (χ3v) is 7.23. The van der Waals surface area contributed by atoms with E-state index >= 15 is 0 Å². The van der Waals surface area contributed by atoms with Crippen LogP contribution in [0.3, 0.4) is 0 Å². The standard InChI is InChI=1S/C28H26O2S2/c1-3-9-23(10-4-1)17-19-29-25-13-7-15-27(21-25)31-32-28-16-8-14-26(22-28)30-20-18-24-11-5-2-6-12-24/h1-16,21-22H,17-20H2. The Balaban J connectivity index is 1.24. The molecule has 0 fully saturated rings. The Morgan fingerprint density at radius 3 is 1.34 bits per heavy atom. The molecule has 0 aromatic heterocycles. The van der Waals surface area contributed by atoms with Crippen LogP contribution in [0.15, 0.2) is 119 Å². The highest BCUT2D eigenvalue weighted by Gasteiger charge is 2.03. The van der Waals surface area contributed by atoms with Gasteiger partial charge in [0.2, 0.25) is 0 Å². The lowest BCUT2D eigenvalue weighted by molar-refractivity contribution is 0.321. The predicted molar refractivity (Wildman–Crippen MR) is 136 cm³/mol. The lowest BCUT2D eigenvalue weighted by atomic mass is 10.2. The van der Waals surface area contributed by atoms with Gasteiger partial charge in [-0.05, 0) is 47.5 Å². The van der Waals surface area contributed by atoms with Gasteiger partial charge in [-0.15, -0.1) is 0 Å². The lowest BCUT2D eigenvalue weighted by Gasteiger charge is -2.09. The lowest BCUT2D eigenvalue weighted by Crippen LogP contribution is -2.01. The zero-order valence-electron chi connectivity index (χ0n) is 17.9. The van der Waals surface area contributed by atoms with E-state index in [4.69, 9.17) is 9.47 Å². The van der Waals surface area contributed by atoms with E-state index in [-0.39, 0.29) is 0 Å². The van der Waals surface area contributed by atoms with Gasteiger partial charge >= 0.3 is 0 Å². The van der Waals surface area contributed by atoms with Gasteiger partial charge in [-0.2, -0.15) is 0 Å². The third kappa shape index (κ3) is 7.40. The molecule has 4 heteroatoms. The topological polar surface area (TPSA) is 18.5 Å². The summed E-state index contributed by atoms with van der Waals surface area (Å²) >= 11 is 0. The van der Waals surface area contributed by atoms with Crippen molar-refractivity contribution < 1.29 is 9.47 Å². The van der Waals surface area contributed by atoms with Crippen LogP contribution in [0.2, 0.25) is 0 Å². The SMILES string of the molecule is c1ccc(CCOc2cccc(SSc3cccc(OCCc4ccccc4)c3)c2)cc1. The molecular formula is C28H26O2S2. The number of rotatable bonds is 11. The van der Waals surface area contributed by atoms with E-state index in [9.17, 15) is 0 Å². The van der Waals surface area contributed by atoms with Crippen molar-refractivity contribution in [1.29, 1.82) is 0 Å². The molecule has 0 saturated carbocycles. The summed E-state index contributed by atoms with van der Waals surface area (Å²) in [7, 11) is 3.46. The van der Waals surface area contributed by atoms with E-state index in [0.29, 0.717) is 13.2 Å². The molecule has 0 aliphatic rings. The van der Waals surface area contributed by atoms with Crippen molar-refractivity contribution in [3.05, 3.63) is 120 Å². The summed E-state index contributed by atoms with van der Waals surface area (Å²) < 4.78 is 11.9. The molecule has 4 rings (SSSR count). The summed E-state index contributed by atoms with van der Waals surface area (Å²) in [5, 5.41) is 0. The predicted octanol–water partition coefficient (Wildman–Crippen LogP) is 7.73. The van der Waals surface area contributed by atoms with E-state index in [0.717, 1.165) is 24.3 Å². The smallest absolute Gasteiger partial charge is 0.120 e. The first kappa shape index (κ1) is 22.4. The Labute approximate surface area is 198 Å². The Kier molecular flexibility index (Phi) is 8.58. The fraction of sp³-hybridized carbons (Fsp3) is 0.143. The quantitative estimate of drug-likeness (QED) is 0.214. The summed E-state index contributed by atoms with van der Waals surface area (Å²) in [4.78, 5) is 2.34. The van der Waals surface area contributed by atoms with Crippen LogP contribution < -0.4 is 9.47 Å². The Morgan fingerprint density at radius 2 is 0.906 bits per heavy atom. The van der Waals surface area contributed by atoms with Crippen molar-refractivity contribution in [2.24, 2.45) is 0 Å². The van der Waals surface area contributed by atoms with Gasteiger partial charge in [0.05, 0.1) is 13.2 Å². The molecule has 162 valence electrons. The second kappa shape index (κ2) is 12.3. The van der Waals surface area contributed by atoms with Gasteiger partial charge in [0.25, 0.3) is 0 Å². The Morgan fingerprint density at radius 1 is 0.469 bits per heavy atom. The van der Waals surface area contributed by atoms with Crippen molar-refractivity contribution in [3.63, 3.8) is 0 Å². The van der Waals surface area contributed by atoms with Gasteiger partial charge in [-0.25, -0.2) is 0 Å². The van der Waals surface area contributed by atoms with Gasteiger partial charge < -0.3 is 9.47 Å². The van der Waals surface area contributed by atoms with Crippen LogP contribution in [0, 0.1) is 0 Å². The van der Waals surface area contributed by atoms with Crippen LogP contribution >= 0.6 is 21.6 Å². The molecule has 0 bridgehead atoms. The molecule has 0 spiro atoms. The molecule has 0 saturated heterocycles. The maximum atomic E-state index is 5.96. The minimum atomic E-state index is 0.674. The fourth-order valence-corrected chi connectivity index (χ4v) is 5.18. The van der Waals surface area contributed by atoms with Gasteiger partial charge in [-0.1, -0.05) is 94.4 Å². The summed E-state index contributed by atoms with van der Waals surface area (Å²) in [6, 6.07) is 37.4. The minimum absolute atomic E-state index is 0.674. The van der Waals surface area contributed by atoms with Crippen LogP contribution in [-0.4, -0.2) is 13.2 Å². The maximum absolute atomic E-state index is 5.96. The van der Waals surface area contributed by atoms with E-state index in [1.807, 2.05) is 36.4 Å². The summed E-state index contributed by atoms with van der Waals surface area (Å²) in [5.41, 5.74) is 2.58. The average molecular weight is 459 g/mol. The van der Waals surface area contributed by atoms with Crippen molar-refractivity contribution in [3.8, 4) is 11.5 Å². The normalized spacial score (nSPS) is 10.6. The summed E-state index contributed by atoms with van der Waals surface area (Å²) in [6.07, 6.45) is 1.81. The van der Waals surface area contributed by atoms with Crippen molar-refractivity contribution >= 4 is 21.6 Å². The van der Waals surface area contributed by atoms with Crippen LogP contribution in [0.25, 0.3) is 0 Å². The van der Waals surface area contributed by atoms with Crippen LogP contribution in [-0.2, 0) is 12.8 Å². The first-order chi connectivity index (χ1) is 15.8. The van der Waals surface area contributed by atoms with E-state index in [1.54, 1.807) is 21.6 Å². The van der Waals surface area contributed by atoms with Gasteiger partial charge in [-0.3, -0.25) is 0 Å². The zero-order chi connectivity index (χ0) is 21.8. The fourth-order valence-electron chi connectivity index (χ4n) is 3.19. The van der Waals surface area contributed by atoms with Crippen molar-refractivity contribution in [1.82, 2.24) is 0 Å². The highest BCUT2D eigenvalue weighted by Crippen LogP contribution is 2.39. The van der Waals surface area contributed by atoms with Gasteiger partial charge in [0, 0.05) is 22.6 Å². The molecule has 0 aliphatic carbocycles.